The first-order chi connectivity index (χ1) is 12.5. The highest BCUT2D eigenvalue weighted by molar-refractivity contribution is 7.99. The lowest BCUT2D eigenvalue weighted by atomic mass is 10.2. The molecule has 0 radical (unpaired) electrons. The molecule has 2 aromatic heterocycles. The van der Waals surface area contributed by atoms with Gasteiger partial charge in [-0.05, 0) is 25.1 Å². The molecular formula is C16H11F2N4O3S-. The molecule has 0 amide bonds. The third kappa shape index (κ3) is 3.64. The van der Waals surface area contributed by atoms with Crippen molar-refractivity contribution in [3.05, 3.63) is 53.5 Å². The first-order valence-corrected chi connectivity index (χ1v) is 8.27. The predicted octanol–water partition coefficient (Wildman–Crippen LogP) is 1.85. The van der Waals surface area contributed by atoms with Gasteiger partial charge in [-0.3, -0.25) is 0 Å². The Morgan fingerprint density at radius 1 is 1.35 bits per heavy atom. The van der Waals surface area contributed by atoms with Gasteiger partial charge in [-0.1, -0.05) is 17.8 Å². The van der Waals surface area contributed by atoms with Crippen molar-refractivity contribution in [1.82, 2.24) is 14.9 Å². The maximum Gasteiger partial charge on any atom is 0.212 e. The van der Waals surface area contributed by atoms with E-state index in [0.29, 0.717) is 11.3 Å². The number of carbonyl (C=O) groups is 1. The average molecular weight is 377 g/mol. The van der Waals surface area contributed by atoms with Gasteiger partial charge in [0.2, 0.25) is 5.16 Å². The smallest absolute Gasteiger partial charge is 0.212 e. The van der Waals surface area contributed by atoms with E-state index in [4.69, 9.17) is 4.42 Å². The van der Waals surface area contributed by atoms with Gasteiger partial charge >= 0.3 is 0 Å². The molecule has 0 atom stereocenters. The highest BCUT2D eigenvalue weighted by Crippen LogP contribution is 2.27. The summed E-state index contributed by atoms with van der Waals surface area (Å²) >= 11 is 0.818. The molecule has 0 unspecified atom stereocenters. The first kappa shape index (κ1) is 17.8. The summed E-state index contributed by atoms with van der Waals surface area (Å²) in [4.78, 5) is 10.7. The van der Waals surface area contributed by atoms with Crippen LogP contribution in [0.3, 0.4) is 0 Å². The van der Waals surface area contributed by atoms with Crippen LogP contribution in [0.5, 0.6) is 0 Å². The van der Waals surface area contributed by atoms with Crippen molar-refractivity contribution in [2.75, 3.05) is 5.75 Å². The number of thioether (sulfide) groups is 1. The minimum atomic E-state index is -1.30. The molecule has 26 heavy (non-hydrogen) atoms. The monoisotopic (exact) mass is 377 g/mol. The van der Waals surface area contributed by atoms with Gasteiger partial charge in [0.1, 0.15) is 17.4 Å². The summed E-state index contributed by atoms with van der Waals surface area (Å²) < 4.78 is 34.0. The van der Waals surface area contributed by atoms with E-state index in [0.717, 1.165) is 30.1 Å². The Balaban J connectivity index is 2.05. The molecule has 0 saturated carbocycles. The fraction of sp³-hybridized carbons (Fsp3) is 0.125. The van der Waals surface area contributed by atoms with Crippen LogP contribution in [0.1, 0.15) is 11.3 Å². The number of benzene rings is 1. The van der Waals surface area contributed by atoms with E-state index in [1.807, 2.05) is 0 Å². The quantitative estimate of drug-likeness (QED) is 0.480. The lowest BCUT2D eigenvalue weighted by Crippen LogP contribution is -2.24. The Morgan fingerprint density at radius 3 is 2.69 bits per heavy atom. The molecule has 10 heteroatoms. The molecule has 0 aliphatic heterocycles. The van der Waals surface area contributed by atoms with Crippen LogP contribution in [0, 0.1) is 18.6 Å². The molecule has 0 spiro atoms. The van der Waals surface area contributed by atoms with Gasteiger partial charge in [0.05, 0.1) is 29.6 Å². The van der Waals surface area contributed by atoms with Crippen molar-refractivity contribution >= 4 is 23.9 Å². The van der Waals surface area contributed by atoms with Crippen LogP contribution in [0.15, 0.2) is 45.2 Å². The second kappa shape index (κ2) is 7.48. The van der Waals surface area contributed by atoms with Crippen LogP contribution < -0.4 is 5.11 Å². The van der Waals surface area contributed by atoms with Crippen LogP contribution in [0.4, 0.5) is 8.78 Å². The molecule has 0 aliphatic rings. The number of aliphatic carboxylic acids is 1. The molecule has 2 heterocycles. The van der Waals surface area contributed by atoms with E-state index in [2.05, 4.69) is 15.3 Å². The number of carbonyl (C=O) groups excluding carboxylic acids is 1. The Hall–Kier alpha value is -3.01. The van der Waals surface area contributed by atoms with Gasteiger partial charge in [-0.25, -0.2) is 8.78 Å². The van der Waals surface area contributed by atoms with E-state index in [9.17, 15) is 18.7 Å². The van der Waals surface area contributed by atoms with Crippen molar-refractivity contribution in [1.29, 1.82) is 0 Å². The van der Waals surface area contributed by atoms with Crippen LogP contribution in [0.25, 0.3) is 11.4 Å². The Morgan fingerprint density at radius 2 is 2.08 bits per heavy atom. The van der Waals surface area contributed by atoms with Gasteiger partial charge in [-0.15, -0.1) is 10.2 Å². The van der Waals surface area contributed by atoms with E-state index in [-0.39, 0.29) is 22.3 Å². The number of hydrogen-bond acceptors (Lipinski definition) is 7. The second-order valence-corrected chi connectivity index (χ2v) is 5.99. The molecule has 0 fully saturated rings. The standard InChI is InChI=1S/C16H12F2N4O3S/c1-9-10(5-6-25-9)15-20-21-16(26-8-14(23)24)22(15)19-7-11-12(17)3-2-4-13(11)18/h2-7H,8H2,1H3,(H,23,24)/p-1. The summed E-state index contributed by atoms with van der Waals surface area (Å²) in [7, 11) is 0. The minimum absolute atomic E-state index is 0.123. The number of rotatable bonds is 6. The molecular weight excluding hydrogens is 366 g/mol. The van der Waals surface area contributed by atoms with Crippen molar-refractivity contribution in [3.63, 3.8) is 0 Å². The summed E-state index contributed by atoms with van der Waals surface area (Å²) in [5.41, 5.74) is 0.218. The van der Waals surface area contributed by atoms with Crippen LogP contribution in [0.2, 0.25) is 0 Å². The highest BCUT2D eigenvalue weighted by atomic mass is 32.2. The zero-order valence-electron chi connectivity index (χ0n) is 13.3. The molecule has 7 nitrogen and oxygen atoms in total. The number of hydrogen-bond donors (Lipinski definition) is 0. The number of furan rings is 1. The molecule has 0 aliphatic carbocycles. The van der Waals surface area contributed by atoms with Gasteiger partial charge in [0, 0.05) is 5.75 Å². The van der Waals surface area contributed by atoms with E-state index in [1.54, 1.807) is 13.0 Å². The van der Waals surface area contributed by atoms with Crippen molar-refractivity contribution < 1.29 is 23.1 Å². The third-order valence-corrected chi connectivity index (χ3v) is 4.23. The minimum Gasteiger partial charge on any atom is -0.549 e. The second-order valence-electron chi connectivity index (χ2n) is 5.05. The van der Waals surface area contributed by atoms with E-state index >= 15 is 0 Å². The lowest BCUT2D eigenvalue weighted by molar-refractivity contribution is -0.301. The predicted molar refractivity (Wildman–Crippen MR) is 87.5 cm³/mol. The van der Waals surface area contributed by atoms with Gasteiger partial charge < -0.3 is 14.3 Å². The van der Waals surface area contributed by atoms with Gasteiger partial charge in [0.25, 0.3) is 0 Å². The molecule has 0 bridgehead atoms. The number of carboxylic acid groups (broad SMARTS) is 1. The topological polar surface area (TPSA) is 96.3 Å². The molecule has 3 rings (SSSR count). The largest absolute Gasteiger partial charge is 0.549 e. The Labute approximate surface area is 150 Å². The van der Waals surface area contributed by atoms with Gasteiger partial charge in [0.15, 0.2) is 5.82 Å². The molecule has 1 aromatic carbocycles. The molecule has 0 saturated heterocycles. The number of halogens is 2. The van der Waals surface area contributed by atoms with Crippen LogP contribution in [-0.2, 0) is 4.79 Å². The summed E-state index contributed by atoms with van der Waals surface area (Å²) in [6, 6.07) is 5.07. The maximum atomic E-state index is 13.8. The van der Waals surface area contributed by atoms with E-state index in [1.165, 1.54) is 17.0 Å². The van der Waals surface area contributed by atoms with Crippen LogP contribution in [-0.4, -0.2) is 32.8 Å². The number of aryl methyl sites for hydroxylation is 1. The SMILES string of the molecule is Cc1occc1-c1nnc(SCC(=O)[O-])n1N=Cc1c(F)cccc1F. The zero-order valence-corrected chi connectivity index (χ0v) is 14.2. The molecule has 3 aromatic rings. The van der Waals surface area contributed by atoms with Crippen molar-refractivity contribution in [2.24, 2.45) is 5.10 Å². The van der Waals surface area contributed by atoms with Crippen LogP contribution >= 0.6 is 11.8 Å². The summed E-state index contributed by atoms with van der Waals surface area (Å²) in [6.07, 6.45) is 2.42. The summed E-state index contributed by atoms with van der Waals surface area (Å²) in [5, 5.41) is 22.7. The summed E-state index contributed by atoms with van der Waals surface area (Å²) in [5.74, 6) is -2.48. The lowest BCUT2D eigenvalue weighted by Gasteiger charge is -2.05. The number of carboxylic acids is 1. The molecule has 134 valence electrons. The number of aromatic nitrogens is 3. The normalized spacial score (nSPS) is 11.3. The van der Waals surface area contributed by atoms with Crippen molar-refractivity contribution in [3.8, 4) is 11.4 Å². The number of nitrogens with zero attached hydrogens (tertiary/aromatic N) is 4. The Kier molecular flexibility index (Phi) is 5.12. The fourth-order valence-electron chi connectivity index (χ4n) is 2.12. The average Bonchev–Trinajstić information content (AvgIpc) is 3.18. The Bertz CT molecular complexity index is 964. The first-order valence-electron chi connectivity index (χ1n) is 7.28. The third-order valence-electron chi connectivity index (χ3n) is 3.33. The maximum absolute atomic E-state index is 13.8. The molecule has 0 N–H and O–H groups in total. The summed E-state index contributed by atoms with van der Waals surface area (Å²) in [6.45, 7) is 1.70. The van der Waals surface area contributed by atoms with Crippen molar-refractivity contribution in [2.45, 2.75) is 12.1 Å². The highest BCUT2D eigenvalue weighted by Gasteiger charge is 2.17. The van der Waals surface area contributed by atoms with Gasteiger partial charge in [-0.2, -0.15) is 9.78 Å². The van der Waals surface area contributed by atoms with E-state index < -0.39 is 17.6 Å². The zero-order chi connectivity index (χ0) is 18.7. The fourth-order valence-corrected chi connectivity index (χ4v) is 2.72.